The highest BCUT2D eigenvalue weighted by Crippen LogP contribution is 2.24. The van der Waals surface area contributed by atoms with Crippen molar-refractivity contribution >= 4 is 23.4 Å². The van der Waals surface area contributed by atoms with Gasteiger partial charge in [0.15, 0.2) is 0 Å². The zero-order valence-electron chi connectivity index (χ0n) is 16.7. The van der Waals surface area contributed by atoms with Crippen LogP contribution in [0.3, 0.4) is 0 Å². The molecule has 1 aliphatic heterocycles. The van der Waals surface area contributed by atoms with Gasteiger partial charge in [-0.15, -0.1) is 0 Å². The maximum atomic E-state index is 5.01. The Kier molecular flexibility index (Phi) is 4.17. The number of rotatable bonds is 3. The highest BCUT2D eigenvalue weighted by molar-refractivity contribution is 6.98. The number of aromatic nitrogens is 4. The average Bonchev–Trinajstić information content (AvgIpc) is 3.19. The fraction of sp³-hybridized carbons (Fsp3) is 0. The van der Waals surface area contributed by atoms with E-state index < -0.39 is 0 Å². The van der Waals surface area contributed by atoms with Crippen molar-refractivity contribution < 1.29 is 0 Å². The number of benzene rings is 2. The molecule has 1 aliphatic rings. The van der Waals surface area contributed by atoms with Crippen LogP contribution in [-0.2, 0) is 0 Å². The molecule has 2 aromatic carbocycles. The third-order valence-electron chi connectivity index (χ3n) is 5.69. The minimum atomic E-state index is -0.0291. The summed E-state index contributed by atoms with van der Waals surface area (Å²) in [5.74, 6) is 0. The Morgan fingerprint density at radius 1 is 0.484 bits per heavy atom. The van der Waals surface area contributed by atoms with Crippen molar-refractivity contribution in [3.8, 4) is 33.9 Å². The lowest BCUT2D eigenvalue weighted by atomic mass is 9.42. The largest absolute Gasteiger partial charge is 0.291 e. The summed E-state index contributed by atoms with van der Waals surface area (Å²) < 4.78 is 0. The molecule has 0 atom stereocenters. The van der Waals surface area contributed by atoms with E-state index in [9.17, 15) is 0 Å². The maximum Gasteiger partial charge on any atom is 0.291 e. The molecule has 144 valence electrons. The molecule has 0 unspecified atom stereocenters. The fourth-order valence-electron chi connectivity index (χ4n) is 4.32. The Morgan fingerprint density at radius 3 is 1.45 bits per heavy atom. The summed E-state index contributed by atoms with van der Waals surface area (Å²) >= 11 is 0. The van der Waals surface area contributed by atoms with Crippen LogP contribution in [0, 0.1) is 0 Å². The van der Waals surface area contributed by atoms with Gasteiger partial charge in [-0.2, -0.15) is 0 Å². The van der Waals surface area contributed by atoms with Crippen molar-refractivity contribution in [2.75, 3.05) is 0 Å². The van der Waals surface area contributed by atoms with Crippen molar-refractivity contribution in [3.05, 3.63) is 103 Å². The number of fused-ring (bicyclic) bond motifs is 3. The van der Waals surface area contributed by atoms with Gasteiger partial charge >= 0.3 is 0 Å². The molecule has 0 radical (unpaired) electrons. The van der Waals surface area contributed by atoms with Gasteiger partial charge in [0, 0.05) is 12.4 Å². The lowest BCUT2D eigenvalue weighted by Gasteiger charge is -2.13. The van der Waals surface area contributed by atoms with E-state index in [0.29, 0.717) is 0 Å². The summed E-state index contributed by atoms with van der Waals surface area (Å²) in [5.41, 5.74) is 8.96. The van der Waals surface area contributed by atoms with E-state index in [1.54, 1.807) is 12.4 Å². The molecule has 0 N–H and O–H groups in total. The average molecular weight is 396 g/mol. The van der Waals surface area contributed by atoms with Gasteiger partial charge in [-0.05, 0) is 41.5 Å². The van der Waals surface area contributed by atoms with Crippen molar-refractivity contribution in [1.29, 1.82) is 0 Å². The smallest absolute Gasteiger partial charge is 0.255 e. The third-order valence-corrected chi connectivity index (χ3v) is 5.69. The topological polar surface area (TPSA) is 51.6 Å². The summed E-state index contributed by atoms with van der Waals surface area (Å²) in [6.45, 7) is -0.0291. The minimum Gasteiger partial charge on any atom is -0.255 e. The van der Waals surface area contributed by atoms with Crippen LogP contribution in [0.2, 0.25) is 0 Å². The van der Waals surface area contributed by atoms with E-state index in [0.717, 1.165) is 28.5 Å². The second-order valence-electron chi connectivity index (χ2n) is 7.53. The molecular weight excluding hydrogens is 379 g/mol. The van der Waals surface area contributed by atoms with Crippen LogP contribution < -0.4 is 16.6 Å². The zero-order valence-corrected chi connectivity index (χ0v) is 16.7. The van der Waals surface area contributed by atoms with Crippen LogP contribution in [0.4, 0.5) is 0 Å². The molecule has 0 amide bonds. The standard InChI is InChI=1S/C26H17BN4/c1-3-11-20-18(9-1)19-10-2-4-12-21(19)27(20)26-30-24(22-13-5-7-15-28-22)17-25(31-26)23-14-6-8-16-29-23/h1-17H. The quantitative estimate of drug-likeness (QED) is 0.432. The second-order valence-corrected chi connectivity index (χ2v) is 7.53. The molecule has 4 nitrogen and oxygen atoms in total. The molecule has 4 heterocycles. The summed E-state index contributed by atoms with van der Waals surface area (Å²) in [7, 11) is 0. The first-order valence-corrected chi connectivity index (χ1v) is 10.3. The number of nitrogens with zero attached hydrogens (tertiary/aromatic N) is 4. The highest BCUT2D eigenvalue weighted by Gasteiger charge is 2.35. The third kappa shape index (κ3) is 3.02. The Balaban J connectivity index is 1.61. The number of pyridine rings is 2. The molecule has 5 heteroatoms. The Hall–Kier alpha value is -4.12. The van der Waals surface area contributed by atoms with E-state index in [4.69, 9.17) is 9.97 Å². The molecule has 0 bridgehead atoms. The molecule has 0 aliphatic carbocycles. The summed E-state index contributed by atoms with van der Waals surface area (Å²) in [5, 5.41) is 0. The molecule has 0 fully saturated rings. The maximum absolute atomic E-state index is 5.01. The van der Waals surface area contributed by atoms with Gasteiger partial charge in [-0.25, -0.2) is 9.97 Å². The van der Waals surface area contributed by atoms with Crippen molar-refractivity contribution in [2.24, 2.45) is 0 Å². The van der Waals surface area contributed by atoms with E-state index in [-0.39, 0.29) is 6.71 Å². The predicted molar refractivity (Wildman–Crippen MR) is 125 cm³/mol. The summed E-state index contributed by atoms with van der Waals surface area (Å²) in [6, 6.07) is 30.8. The van der Waals surface area contributed by atoms with Crippen molar-refractivity contribution in [1.82, 2.24) is 19.9 Å². The molecular formula is C26H17BN4. The van der Waals surface area contributed by atoms with Gasteiger partial charge in [0.05, 0.1) is 22.8 Å². The van der Waals surface area contributed by atoms with E-state index in [1.165, 1.54) is 22.1 Å². The van der Waals surface area contributed by atoms with Gasteiger partial charge in [0.2, 0.25) is 0 Å². The Bertz CT molecular complexity index is 1280. The van der Waals surface area contributed by atoms with Crippen LogP contribution in [0.25, 0.3) is 33.9 Å². The van der Waals surface area contributed by atoms with Gasteiger partial charge in [0.1, 0.15) is 5.72 Å². The van der Waals surface area contributed by atoms with Gasteiger partial charge in [-0.1, -0.05) is 71.6 Å². The zero-order chi connectivity index (χ0) is 20.6. The van der Waals surface area contributed by atoms with Gasteiger partial charge in [0.25, 0.3) is 6.71 Å². The highest BCUT2D eigenvalue weighted by atomic mass is 14.9. The fourth-order valence-corrected chi connectivity index (χ4v) is 4.32. The minimum absolute atomic E-state index is 0.0291. The van der Waals surface area contributed by atoms with Crippen LogP contribution in [-0.4, -0.2) is 26.6 Å². The molecule has 0 saturated carbocycles. The monoisotopic (exact) mass is 396 g/mol. The first-order chi connectivity index (χ1) is 15.4. The molecule has 31 heavy (non-hydrogen) atoms. The molecule has 0 spiro atoms. The molecule has 0 saturated heterocycles. The number of hydrogen-bond acceptors (Lipinski definition) is 4. The first kappa shape index (κ1) is 17.7. The summed E-state index contributed by atoms with van der Waals surface area (Å²) in [6.07, 6.45) is 3.58. The normalized spacial score (nSPS) is 11.8. The summed E-state index contributed by atoms with van der Waals surface area (Å²) in [4.78, 5) is 19.1. The van der Waals surface area contributed by atoms with Gasteiger partial charge < -0.3 is 0 Å². The van der Waals surface area contributed by atoms with Crippen molar-refractivity contribution in [3.63, 3.8) is 0 Å². The SMILES string of the molecule is c1ccc(-c2cc(-c3ccccn3)nc(B3c4ccccc4-c4ccccc43)n2)nc1. The molecule has 5 aromatic rings. The molecule has 3 aromatic heterocycles. The Labute approximate surface area is 180 Å². The van der Waals surface area contributed by atoms with Crippen molar-refractivity contribution in [2.45, 2.75) is 0 Å². The first-order valence-electron chi connectivity index (χ1n) is 10.3. The van der Waals surface area contributed by atoms with E-state index >= 15 is 0 Å². The lowest BCUT2D eigenvalue weighted by Crippen LogP contribution is -2.52. The van der Waals surface area contributed by atoms with Crippen LogP contribution in [0.15, 0.2) is 103 Å². The predicted octanol–water partition coefficient (Wildman–Crippen LogP) is 3.10. The van der Waals surface area contributed by atoms with Gasteiger partial charge in [-0.3, -0.25) is 9.97 Å². The van der Waals surface area contributed by atoms with E-state index in [2.05, 4.69) is 58.5 Å². The second kappa shape index (κ2) is 7.29. The van der Waals surface area contributed by atoms with Crippen LogP contribution in [0.1, 0.15) is 0 Å². The Morgan fingerprint density at radius 2 is 0.968 bits per heavy atom. The van der Waals surface area contributed by atoms with Crippen LogP contribution in [0.5, 0.6) is 0 Å². The lowest BCUT2D eigenvalue weighted by molar-refractivity contribution is 1.18. The van der Waals surface area contributed by atoms with Crippen LogP contribution >= 0.6 is 0 Å². The number of hydrogen-bond donors (Lipinski definition) is 0. The molecule has 6 rings (SSSR count). The van der Waals surface area contributed by atoms with E-state index in [1.807, 2.05) is 42.5 Å².